The van der Waals surface area contributed by atoms with Gasteiger partial charge in [0, 0.05) is 19.0 Å². The monoisotopic (exact) mass is 210 g/mol. The number of carbonyl (C=O) groups is 1. The second kappa shape index (κ2) is 4.12. The molecule has 2 aliphatic rings. The molecule has 0 unspecified atom stereocenters. The molecule has 2 fully saturated rings. The van der Waals surface area contributed by atoms with Gasteiger partial charge in [0.05, 0.1) is 5.54 Å². The fraction of sp³-hybridized carbons (Fsp3) is 0.917. The first-order valence-electron chi connectivity index (χ1n) is 6.22. The maximum absolute atomic E-state index is 11.9. The van der Waals surface area contributed by atoms with Crippen LogP contribution in [0.2, 0.25) is 0 Å². The van der Waals surface area contributed by atoms with Gasteiger partial charge in [0.25, 0.3) is 0 Å². The number of amides is 1. The second-order valence-corrected chi connectivity index (χ2v) is 5.00. The highest BCUT2D eigenvalue weighted by molar-refractivity contribution is 5.78. The van der Waals surface area contributed by atoms with Gasteiger partial charge in [0.15, 0.2) is 0 Å². The zero-order valence-electron chi connectivity index (χ0n) is 9.88. The molecule has 0 aromatic rings. The fourth-order valence-corrected chi connectivity index (χ4v) is 3.24. The SMILES string of the molecule is CCN1C(=O)CC[C@@H]2NCCCC[C@@]21C. The van der Waals surface area contributed by atoms with E-state index in [1.54, 1.807) is 0 Å². The molecule has 0 saturated carbocycles. The van der Waals surface area contributed by atoms with Crippen LogP contribution in [0.15, 0.2) is 0 Å². The van der Waals surface area contributed by atoms with Crippen LogP contribution in [0.3, 0.4) is 0 Å². The molecule has 3 nitrogen and oxygen atoms in total. The normalized spacial score (nSPS) is 37.3. The van der Waals surface area contributed by atoms with Gasteiger partial charge in [-0.15, -0.1) is 0 Å². The van der Waals surface area contributed by atoms with E-state index in [2.05, 4.69) is 24.1 Å². The van der Waals surface area contributed by atoms with E-state index in [1.165, 1.54) is 12.8 Å². The number of rotatable bonds is 1. The smallest absolute Gasteiger partial charge is 0.223 e. The lowest BCUT2D eigenvalue weighted by molar-refractivity contribution is -0.143. The van der Waals surface area contributed by atoms with Crippen LogP contribution in [-0.4, -0.2) is 35.5 Å². The van der Waals surface area contributed by atoms with Crippen LogP contribution in [0, 0.1) is 0 Å². The first-order chi connectivity index (χ1) is 7.18. The van der Waals surface area contributed by atoms with Gasteiger partial charge < -0.3 is 10.2 Å². The van der Waals surface area contributed by atoms with Crippen molar-refractivity contribution in [3.05, 3.63) is 0 Å². The number of likely N-dealkylation sites (N-methyl/N-ethyl adjacent to an activating group) is 1. The fourth-order valence-electron chi connectivity index (χ4n) is 3.24. The highest BCUT2D eigenvalue weighted by atomic mass is 16.2. The molecule has 2 heterocycles. The van der Waals surface area contributed by atoms with Crippen LogP contribution in [0.4, 0.5) is 0 Å². The Labute approximate surface area is 92.2 Å². The van der Waals surface area contributed by atoms with E-state index in [1.807, 2.05) is 0 Å². The minimum Gasteiger partial charge on any atom is -0.336 e. The maximum Gasteiger partial charge on any atom is 0.223 e. The van der Waals surface area contributed by atoms with Crippen LogP contribution in [-0.2, 0) is 4.79 Å². The van der Waals surface area contributed by atoms with E-state index in [0.717, 1.165) is 32.4 Å². The summed E-state index contributed by atoms with van der Waals surface area (Å²) in [6.07, 6.45) is 5.39. The lowest BCUT2D eigenvalue weighted by Gasteiger charge is -2.49. The number of carbonyl (C=O) groups excluding carboxylic acids is 1. The van der Waals surface area contributed by atoms with Gasteiger partial charge in [0.1, 0.15) is 0 Å². The molecule has 0 radical (unpaired) electrons. The lowest BCUT2D eigenvalue weighted by Crippen LogP contribution is -2.63. The van der Waals surface area contributed by atoms with Gasteiger partial charge >= 0.3 is 0 Å². The average molecular weight is 210 g/mol. The summed E-state index contributed by atoms with van der Waals surface area (Å²) in [5.41, 5.74) is 0.0700. The van der Waals surface area contributed by atoms with E-state index in [0.29, 0.717) is 11.9 Å². The summed E-state index contributed by atoms with van der Waals surface area (Å²) in [5.74, 6) is 0.347. The second-order valence-electron chi connectivity index (χ2n) is 5.00. The summed E-state index contributed by atoms with van der Waals surface area (Å²) >= 11 is 0. The molecule has 2 saturated heterocycles. The molecule has 2 atom stereocenters. The summed E-state index contributed by atoms with van der Waals surface area (Å²) in [4.78, 5) is 14.0. The van der Waals surface area contributed by atoms with Crippen molar-refractivity contribution in [1.82, 2.24) is 10.2 Å². The molecule has 0 aliphatic carbocycles. The Kier molecular flexibility index (Phi) is 3.01. The molecule has 0 spiro atoms. The van der Waals surface area contributed by atoms with Crippen LogP contribution in [0.1, 0.15) is 46.0 Å². The molecule has 0 aromatic heterocycles. The van der Waals surface area contributed by atoms with Crippen molar-refractivity contribution >= 4 is 5.91 Å². The van der Waals surface area contributed by atoms with Crippen LogP contribution in [0.25, 0.3) is 0 Å². The summed E-state index contributed by atoms with van der Waals surface area (Å²) in [7, 11) is 0. The summed E-state index contributed by atoms with van der Waals surface area (Å²) in [6, 6.07) is 0.512. The zero-order chi connectivity index (χ0) is 10.9. The molecular weight excluding hydrogens is 188 g/mol. The largest absolute Gasteiger partial charge is 0.336 e. The zero-order valence-corrected chi connectivity index (χ0v) is 9.88. The molecule has 2 aliphatic heterocycles. The Bertz CT molecular complexity index is 254. The lowest BCUT2D eigenvalue weighted by atomic mass is 9.80. The summed E-state index contributed by atoms with van der Waals surface area (Å²) in [5, 5.41) is 3.62. The molecule has 1 amide bonds. The van der Waals surface area contributed by atoms with Crippen LogP contribution in [0.5, 0.6) is 0 Å². The Hall–Kier alpha value is -0.570. The topological polar surface area (TPSA) is 32.3 Å². The molecule has 15 heavy (non-hydrogen) atoms. The van der Waals surface area contributed by atoms with Crippen LogP contribution >= 0.6 is 0 Å². The third-order valence-electron chi connectivity index (χ3n) is 4.13. The number of piperidine rings is 1. The van der Waals surface area contributed by atoms with Crippen molar-refractivity contribution in [3.8, 4) is 0 Å². The van der Waals surface area contributed by atoms with E-state index < -0.39 is 0 Å². The molecule has 0 aromatic carbocycles. The minimum absolute atomic E-state index is 0.0700. The average Bonchev–Trinajstić information content (AvgIpc) is 2.39. The van der Waals surface area contributed by atoms with Crippen molar-refractivity contribution in [2.45, 2.75) is 57.5 Å². The quantitative estimate of drug-likeness (QED) is 0.712. The Balaban J connectivity index is 2.24. The maximum atomic E-state index is 11.9. The first kappa shape index (κ1) is 10.9. The molecule has 2 rings (SSSR count). The van der Waals surface area contributed by atoms with Gasteiger partial charge in [-0.1, -0.05) is 0 Å². The van der Waals surface area contributed by atoms with Crippen molar-refractivity contribution < 1.29 is 4.79 Å². The van der Waals surface area contributed by atoms with Crippen LogP contribution < -0.4 is 5.32 Å². The third-order valence-corrected chi connectivity index (χ3v) is 4.13. The van der Waals surface area contributed by atoms with E-state index in [-0.39, 0.29) is 5.54 Å². The molecular formula is C12H22N2O. The predicted molar refractivity (Wildman–Crippen MR) is 60.7 cm³/mol. The van der Waals surface area contributed by atoms with Crippen molar-refractivity contribution in [1.29, 1.82) is 0 Å². The third kappa shape index (κ3) is 1.78. The predicted octanol–water partition coefficient (Wildman–Crippen LogP) is 1.53. The van der Waals surface area contributed by atoms with Gasteiger partial charge in [0.2, 0.25) is 5.91 Å². The number of hydrogen-bond acceptors (Lipinski definition) is 2. The minimum atomic E-state index is 0.0700. The van der Waals surface area contributed by atoms with E-state index in [9.17, 15) is 4.79 Å². The van der Waals surface area contributed by atoms with Gasteiger partial charge in [-0.05, 0) is 46.1 Å². The van der Waals surface area contributed by atoms with Crippen molar-refractivity contribution in [2.75, 3.05) is 13.1 Å². The van der Waals surface area contributed by atoms with Gasteiger partial charge in [-0.25, -0.2) is 0 Å². The van der Waals surface area contributed by atoms with Crippen molar-refractivity contribution in [3.63, 3.8) is 0 Å². The summed E-state index contributed by atoms with van der Waals surface area (Å²) < 4.78 is 0. The van der Waals surface area contributed by atoms with E-state index in [4.69, 9.17) is 0 Å². The number of nitrogens with one attached hydrogen (secondary N) is 1. The standard InChI is InChI=1S/C12H22N2O/c1-3-14-11(15)7-6-10-12(14,2)8-4-5-9-13-10/h10,13H,3-9H2,1-2H3/t10-,12-/m0/s1. The number of hydrogen-bond donors (Lipinski definition) is 1. The van der Waals surface area contributed by atoms with Crippen molar-refractivity contribution in [2.24, 2.45) is 0 Å². The number of nitrogens with zero attached hydrogens (tertiary/aromatic N) is 1. The van der Waals surface area contributed by atoms with Gasteiger partial charge in [-0.2, -0.15) is 0 Å². The Morgan fingerprint density at radius 2 is 2.33 bits per heavy atom. The van der Waals surface area contributed by atoms with E-state index >= 15 is 0 Å². The molecule has 0 bridgehead atoms. The molecule has 86 valence electrons. The highest BCUT2D eigenvalue weighted by Crippen LogP contribution is 2.34. The number of fused-ring (bicyclic) bond motifs is 1. The Morgan fingerprint density at radius 1 is 1.53 bits per heavy atom. The first-order valence-corrected chi connectivity index (χ1v) is 6.22. The Morgan fingerprint density at radius 3 is 3.07 bits per heavy atom. The number of likely N-dealkylation sites (tertiary alicyclic amines) is 1. The highest BCUT2D eigenvalue weighted by Gasteiger charge is 2.44. The molecule has 1 N–H and O–H groups in total. The molecule has 3 heteroatoms. The van der Waals surface area contributed by atoms with Gasteiger partial charge in [-0.3, -0.25) is 4.79 Å². The summed E-state index contributed by atoms with van der Waals surface area (Å²) in [6.45, 7) is 6.33.